The quantitative estimate of drug-likeness (QED) is 0.399. The topological polar surface area (TPSA) is 142 Å². The summed E-state index contributed by atoms with van der Waals surface area (Å²) in [5, 5.41) is 15.9. The number of aliphatic carboxylic acids is 1. The first-order valence-corrected chi connectivity index (χ1v) is 11.6. The van der Waals surface area contributed by atoms with Crippen LogP contribution in [-0.2, 0) is 19.2 Å². The second-order valence-electron chi connectivity index (χ2n) is 8.60. The van der Waals surface area contributed by atoms with Crippen LogP contribution in [0.3, 0.4) is 0 Å². The van der Waals surface area contributed by atoms with Crippen molar-refractivity contribution in [1.82, 2.24) is 10.6 Å². The molecule has 0 saturated carbocycles. The van der Waals surface area contributed by atoms with Crippen LogP contribution in [0.5, 0.6) is 5.75 Å². The summed E-state index contributed by atoms with van der Waals surface area (Å²) in [7, 11) is 0. The molecule has 190 valence electrons. The van der Waals surface area contributed by atoms with E-state index in [1.807, 2.05) is 30.3 Å². The van der Waals surface area contributed by atoms with Gasteiger partial charge in [0.2, 0.25) is 5.91 Å². The van der Waals surface area contributed by atoms with Crippen LogP contribution < -0.4 is 20.3 Å². The third-order valence-corrected chi connectivity index (χ3v) is 6.04. The summed E-state index contributed by atoms with van der Waals surface area (Å²) in [5.74, 6) is -2.75. The van der Waals surface area contributed by atoms with E-state index in [4.69, 9.17) is 9.84 Å². The Morgan fingerprint density at radius 2 is 1.78 bits per heavy atom. The molecule has 3 unspecified atom stereocenters. The van der Waals surface area contributed by atoms with Gasteiger partial charge in [-0.25, -0.2) is 0 Å². The fourth-order valence-electron chi connectivity index (χ4n) is 4.13. The van der Waals surface area contributed by atoms with E-state index in [9.17, 15) is 24.0 Å². The van der Waals surface area contributed by atoms with Gasteiger partial charge in [-0.1, -0.05) is 42.5 Å². The Labute approximate surface area is 212 Å². The molecule has 3 aromatic rings. The van der Waals surface area contributed by atoms with Crippen molar-refractivity contribution < 1.29 is 33.8 Å². The summed E-state index contributed by atoms with van der Waals surface area (Å²) in [6.45, 7) is 1.27. The molecule has 1 aliphatic heterocycles. The number of carbonyl (C=O) groups excluding carboxylic acids is 4. The maximum atomic E-state index is 13.7. The largest absolute Gasteiger partial charge is 0.489 e. The van der Waals surface area contributed by atoms with Crippen molar-refractivity contribution >= 4 is 46.4 Å². The van der Waals surface area contributed by atoms with E-state index in [0.717, 1.165) is 10.8 Å². The smallest absolute Gasteiger partial charge is 0.305 e. The molecule has 0 aromatic heterocycles. The lowest BCUT2D eigenvalue weighted by molar-refractivity contribution is -0.139. The van der Waals surface area contributed by atoms with Gasteiger partial charge >= 0.3 is 5.97 Å². The molecule has 1 aliphatic rings. The monoisotopic (exact) mass is 503 g/mol. The minimum absolute atomic E-state index is 0.171. The molecule has 3 N–H and O–H groups in total. The highest BCUT2D eigenvalue weighted by atomic mass is 16.5. The molecule has 1 heterocycles. The van der Waals surface area contributed by atoms with Gasteiger partial charge in [0, 0.05) is 5.56 Å². The average molecular weight is 504 g/mol. The number of rotatable bonds is 8. The number of anilines is 1. The van der Waals surface area contributed by atoms with Crippen LogP contribution >= 0.6 is 0 Å². The Morgan fingerprint density at radius 3 is 2.51 bits per heavy atom. The van der Waals surface area contributed by atoms with Gasteiger partial charge in [-0.3, -0.25) is 24.1 Å². The number of fused-ring (bicyclic) bond motifs is 2. The Balaban J connectivity index is 1.59. The van der Waals surface area contributed by atoms with Gasteiger partial charge in [-0.2, -0.15) is 0 Å². The van der Waals surface area contributed by atoms with Crippen LogP contribution in [0.4, 0.5) is 5.69 Å². The van der Waals surface area contributed by atoms with E-state index in [0.29, 0.717) is 23.3 Å². The molecule has 3 aromatic carbocycles. The second-order valence-corrected chi connectivity index (χ2v) is 8.60. The highest BCUT2D eigenvalue weighted by Crippen LogP contribution is 2.32. The number of carboxylic acids is 1. The molecule has 37 heavy (non-hydrogen) atoms. The van der Waals surface area contributed by atoms with Crippen LogP contribution in [0.1, 0.15) is 23.7 Å². The average Bonchev–Trinajstić information content (AvgIpc) is 3.03. The zero-order valence-electron chi connectivity index (χ0n) is 19.9. The van der Waals surface area contributed by atoms with Gasteiger partial charge in [-0.15, -0.1) is 0 Å². The van der Waals surface area contributed by atoms with Crippen molar-refractivity contribution in [3.63, 3.8) is 0 Å². The number of carbonyl (C=O) groups is 5. The van der Waals surface area contributed by atoms with E-state index < -0.39 is 48.2 Å². The van der Waals surface area contributed by atoms with Crippen LogP contribution in [-0.4, -0.2) is 59.8 Å². The standard InChI is InChI=1S/C27H25N3O7/c1-16(25(34)28-20(14-31)13-24(32)33)30-22-8-4-5-9-23(22)37-15-21(27(30)36)29-26(35)19-11-10-17-6-2-3-7-18(17)12-19/h2-12,14,16,20-21H,13,15H2,1H3,(H,28,34)(H,29,35)(H,32,33). The molecule has 0 fully saturated rings. The first-order valence-electron chi connectivity index (χ1n) is 11.6. The van der Waals surface area contributed by atoms with Crippen molar-refractivity contribution in [2.45, 2.75) is 31.5 Å². The van der Waals surface area contributed by atoms with E-state index in [-0.39, 0.29) is 6.61 Å². The maximum Gasteiger partial charge on any atom is 0.305 e. The first-order chi connectivity index (χ1) is 17.8. The second kappa shape index (κ2) is 10.9. The summed E-state index contributed by atoms with van der Waals surface area (Å²) in [4.78, 5) is 63.1. The lowest BCUT2D eigenvalue weighted by Gasteiger charge is -2.30. The van der Waals surface area contributed by atoms with E-state index in [1.165, 1.54) is 11.8 Å². The Bertz CT molecular complexity index is 1370. The van der Waals surface area contributed by atoms with Crippen LogP contribution in [0.2, 0.25) is 0 Å². The van der Waals surface area contributed by atoms with Gasteiger partial charge in [0.15, 0.2) is 0 Å². The van der Waals surface area contributed by atoms with Gasteiger partial charge < -0.3 is 25.3 Å². The molecule has 4 rings (SSSR count). The SMILES string of the molecule is CC(C(=O)NC(C=O)CC(=O)O)N1C(=O)C(NC(=O)c2ccc3ccccc3c2)COc2ccccc21. The van der Waals surface area contributed by atoms with Crippen molar-refractivity contribution in [2.75, 3.05) is 11.5 Å². The number of para-hydroxylation sites is 2. The molecule has 3 amide bonds. The summed E-state index contributed by atoms with van der Waals surface area (Å²) in [6.07, 6.45) is -0.271. The summed E-state index contributed by atoms with van der Waals surface area (Å²) >= 11 is 0. The Kier molecular flexibility index (Phi) is 7.47. The number of amides is 3. The number of hydrogen-bond acceptors (Lipinski definition) is 6. The molecule has 10 heteroatoms. The number of nitrogens with zero attached hydrogens (tertiary/aromatic N) is 1. The van der Waals surface area contributed by atoms with Crippen LogP contribution in [0, 0.1) is 0 Å². The lowest BCUT2D eigenvalue weighted by atomic mass is 10.1. The molecule has 0 aliphatic carbocycles. The predicted molar refractivity (Wildman–Crippen MR) is 134 cm³/mol. The number of nitrogens with one attached hydrogen (secondary N) is 2. The fourth-order valence-corrected chi connectivity index (χ4v) is 4.13. The minimum atomic E-state index is -1.26. The number of carboxylic acid groups (broad SMARTS) is 1. The summed E-state index contributed by atoms with van der Waals surface area (Å²) < 4.78 is 5.81. The van der Waals surface area contributed by atoms with Crippen LogP contribution in [0.15, 0.2) is 66.7 Å². The minimum Gasteiger partial charge on any atom is -0.489 e. The number of benzene rings is 3. The van der Waals surface area contributed by atoms with Gasteiger partial charge in [0.1, 0.15) is 30.7 Å². The highest BCUT2D eigenvalue weighted by Gasteiger charge is 2.38. The molecule has 0 bridgehead atoms. The zero-order valence-corrected chi connectivity index (χ0v) is 19.9. The molecule has 3 atom stereocenters. The fraction of sp³-hybridized carbons (Fsp3) is 0.222. The molecule has 0 radical (unpaired) electrons. The number of ether oxygens (including phenoxy) is 1. The van der Waals surface area contributed by atoms with E-state index in [1.54, 1.807) is 36.4 Å². The van der Waals surface area contributed by atoms with Crippen LogP contribution in [0.25, 0.3) is 10.8 Å². The van der Waals surface area contributed by atoms with Crippen molar-refractivity contribution in [2.24, 2.45) is 0 Å². The third kappa shape index (κ3) is 5.58. The molecule has 0 spiro atoms. The Hall–Kier alpha value is -4.73. The third-order valence-electron chi connectivity index (χ3n) is 6.04. The van der Waals surface area contributed by atoms with Crippen molar-refractivity contribution in [1.29, 1.82) is 0 Å². The lowest BCUT2D eigenvalue weighted by Crippen LogP contribution is -2.57. The number of aldehydes is 1. The van der Waals surface area contributed by atoms with Gasteiger partial charge in [0.25, 0.3) is 11.8 Å². The predicted octanol–water partition coefficient (Wildman–Crippen LogP) is 1.91. The highest BCUT2D eigenvalue weighted by molar-refractivity contribution is 6.08. The molecular formula is C27H25N3O7. The van der Waals surface area contributed by atoms with Gasteiger partial charge in [0.05, 0.1) is 18.2 Å². The van der Waals surface area contributed by atoms with E-state index in [2.05, 4.69) is 10.6 Å². The van der Waals surface area contributed by atoms with Gasteiger partial charge in [-0.05, 0) is 42.0 Å². The number of hydrogen-bond donors (Lipinski definition) is 3. The zero-order chi connectivity index (χ0) is 26.5. The summed E-state index contributed by atoms with van der Waals surface area (Å²) in [6, 6.07) is 15.8. The molecular weight excluding hydrogens is 478 g/mol. The maximum absolute atomic E-state index is 13.7. The molecule has 0 saturated heterocycles. The Morgan fingerprint density at radius 1 is 1.08 bits per heavy atom. The van der Waals surface area contributed by atoms with Crippen molar-refractivity contribution in [3.8, 4) is 5.75 Å². The molecule has 10 nitrogen and oxygen atoms in total. The summed E-state index contributed by atoms with van der Waals surface area (Å²) in [5.41, 5.74) is 0.659. The first kappa shape index (κ1) is 25.4. The van der Waals surface area contributed by atoms with Crippen molar-refractivity contribution in [3.05, 3.63) is 72.3 Å². The normalized spacial score (nSPS) is 16.5. The van der Waals surface area contributed by atoms with E-state index >= 15 is 0 Å².